The maximum atomic E-state index is 10.0. The van der Waals surface area contributed by atoms with Gasteiger partial charge in [-0.2, -0.15) is 0 Å². The zero-order valence-corrected chi connectivity index (χ0v) is 6.43. The summed E-state index contributed by atoms with van der Waals surface area (Å²) < 4.78 is 0. The summed E-state index contributed by atoms with van der Waals surface area (Å²) >= 11 is 0. The summed E-state index contributed by atoms with van der Waals surface area (Å²) in [7, 11) is 0. The van der Waals surface area contributed by atoms with Crippen molar-refractivity contribution in [3.63, 3.8) is 0 Å². The van der Waals surface area contributed by atoms with E-state index in [1.54, 1.807) is 0 Å². The fraction of sp³-hybridized carbons (Fsp3) is 1.00. The average molecular weight is 141 g/mol. The minimum Gasteiger partial charge on any atom is -0.388 e. The normalized spacial score (nSPS) is 48.0. The van der Waals surface area contributed by atoms with Gasteiger partial charge in [-0.05, 0) is 38.6 Å². The first kappa shape index (κ1) is 6.62. The number of aliphatic hydroxyl groups is 1. The highest BCUT2D eigenvalue weighted by atomic mass is 16.3. The van der Waals surface area contributed by atoms with Gasteiger partial charge in [0.25, 0.3) is 0 Å². The molecule has 1 saturated carbocycles. The summed E-state index contributed by atoms with van der Waals surface area (Å²) in [5, 5.41) is 13.3. The van der Waals surface area contributed by atoms with Gasteiger partial charge in [0.1, 0.15) is 0 Å². The van der Waals surface area contributed by atoms with E-state index in [-0.39, 0.29) is 5.60 Å². The van der Waals surface area contributed by atoms with Crippen molar-refractivity contribution >= 4 is 0 Å². The van der Waals surface area contributed by atoms with Crippen LogP contribution in [0.1, 0.15) is 26.2 Å². The topological polar surface area (TPSA) is 32.3 Å². The first-order chi connectivity index (χ1) is 4.73. The van der Waals surface area contributed by atoms with Crippen LogP contribution < -0.4 is 5.32 Å². The van der Waals surface area contributed by atoms with Crippen molar-refractivity contribution in [3.8, 4) is 0 Å². The minimum absolute atomic E-state index is 0.319. The molecule has 0 unspecified atom stereocenters. The monoisotopic (exact) mass is 141 g/mol. The lowest BCUT2D eigenvalue weighted by Gasteiger charge is -2.26. The van der Waals surface area contributed by atoms with Gasteiger partial charge in [0.2, 0.25) is 0 Å². The van der Waals surface area contributed by atoms with Crippen LogP contribution in [0, 0.1) is 5.92 Å². The van der Waals surface area contributed by atoms with E-state index in [9.17, 15) is 5.11 Å². The molecular weight excluding hydrogens is 126 g/mol. The maximum absolute atomic E-state index is 10.0. The van der Waals surface area contributed by atoms with Crippen LogP contribution in [0.5, 0.6) is 0 Å². The van der Waals surface area contributed by atoms with Crippen LogP contribution in [0.3, 0.4) is 0 Å². The lowest BCUT2D eigenvalue weighted by molar-refractivity contribution is 0.0108. The summed E-state index contributed by atoms with van der Waals surface area (Å²) in [6.45, 7) is 3.08. The minimum atomic E-state index is -0.347. The number of hydrogen-bond acceptors (Lipinski definition) is 2. The third-order valence-electron chi connectivity index (χ3n) is 3.01. The second-order valence-corrected chi connectivity index (χ2v) is 3.69. The van der Waals surface area contributed by atoms with Gasteiger partial charge in [0.15, 0.2) is 0 Å². The molecule has 0 bridgehead atoms. The highest BCUT2D eigenvalue weighted by Crippen LogP contribution is 2.44. The van der Waals surface area contributed by atoms with E-state index < -0.39 is 0 Å². The molecule has 2 atom stereocenters. The predicted octanol–water partition coefficient (Wildman–Crippen LogP) is 0.509. The molecule has 2 fully saturated rings. The largest absolute Gasteiger partial charge is 0.388 e. The molecule has 2 aliphatic rings. The highest BCUT2D eigenvalue weighted by Gasteiger charge is 2.49. The molecule has 1 saturated heterocycles. The molecule has 2 N–H and O–H groups in total. The second kappa shape index (κ2) is 1.95. The molecule has 10 heavy (non-hydrogen) atoms. The van der Waals surface area contributed by atoms with Gasteiger partial charge in [0.05, 0.1) is 5.60 Å². The van der Waals surface area contributed by atoms with Crippen molar-refractivity contribution in [3.05, 3.63) is 0 Å². The molecule has 0 aromatic carbocycles. The van der Waals surface area contributed by atoms with Crippen LogP contribution in [0.15, 0.2) is 0 Å². The standard InChI is InChI=1S/C8H15NO/c1-6-8(10,4-5-9-6)7-2-3-7/h6-7,9-10H,2-5H2,1H3/t6-,8-/m0/s1. The Morgan fingerprint density at radius 1 is 1.50 bits per heavy atom. The van der Waals surface area contributed by atoms with Crippen LogP contribution in [0.4, 0.5) is 0 Å². The average Bonchev–Trinajstić information content (AvgIpc) is 2.65. The molecule has 0 aromatic rings. The van der Waals surface area contributed by atoms with Crippen molar-refractivity contribution < 1.29 is 5.11 Å². The van der Waals surface area contributed by atoms with Gasteiger partial charge < -0.3 is 10.4 Å². The molecule has 1 heterocycles. The Hall–Kier alpha value is -0.0800. The van der Waals surface area contributed by atoms with Crippen molar-refractivity contribution in [2.75, 3.05) is 6.54 Å². The lowest BCUT2D eigenvalue weighted by atomic mass is 9.90. The SMILES string of the molecule is C[C@@H]1NCC[C@@]1(O)C1CC1. The van der Waals surface area contributed by atoms with E-state index in [1.165, 1.54) is 12.8 Å². The second-order valence-electron chi connectivity index (χ2n) is 3.69. The van der Waals surface area contributed by atoms with Gasteiger partial charge in [0, 0.05) is 6.04 Å². The fourth-order valence-corrected chi connectivity index (χ4v) is 2.02. The van der Waals surface area contributed by atoms with Crippen LogP contribution in [0.2, 0.25) is 0 Å². The maximum Gasteiger partial charge on any atom is 0.0837 e. The third kappa shape index (κ3) is 0.789. The summed E-state index contributed by atoms with van der Waals surface area (Å²) in [6.07, 6.45) is 3.43. The van der Waals surface area contributed by atoms with Gasteiger partial charge in [-0.15, -0.1) is 0 Å². The lowest BCUT2D eigenvalue weighted by Crippen LogP contribution is -2.42. The number of nitrogens with one attached hydrogen (secondary N) is 1. The molecule has 0 spiro atoms. The van der Waals surface area contributed by atoms with E-state index in [2.05, 4.69) is 12.2 Å². The highest BCUT2D eigenvalue weighted by molar-refractivity contribution is 5.04. The molecule has 1 aliphatic carbocycles. The fourth-order valence-electron chi connectivity index (χ4n) is 2.02. The Kier molecular flexibility index (Phi) is 1.29. The van der Waals surface area contributed by atoms with Crippen molar-refractivity contribution in [2.24, 2.45) is 5.92 Å². The zero-order chi connectivity index (χ0) is 7.19. The first-order valence-electron chi connectivity index (χ1n) is 4.19. The Morgan fingerprint density at radius 2 is 2.20 bits per heavy atom. The van der Waals surface area contributed by atoms with E-state index in [4.69, 9.17) is 0 Å². The summed E-state index contributed by atoms with van der Waals surface area (Å²) in [4.78, 5) is 0. The van der Waals surface area contributed by atoms with Crippen LogP contribution in [-0.4, -0.2) is 23.3 Å². The third-order valence-corrected chi connectivity index (χ3v) is 3.01. The van der Waals surface area contributed by atoms with Crippen molar-refractivity contribution in [1.29, 1.82) is 0 Å². The number of hydrogen-bond donors (Lipinski definition) is 2. The van der Waals surface area contributed by atoms with Gasteiger partial charge in [-0.25, -0.2) is 0 Å². The molecule has 58 valence electrons. The van der Waals surface area contributed by atoms with Gasteiger partial charge in [-0.3, -0.25) is 0 Å². The van der Waals surface area contributed by atoms with E-state index in [0.29, 0.717) is 12.0 Å². The Balaban J connectivity index is 2.10. The van der Waals surface area contributed by atoms with Gasteiger partial charge in [-0.1, -0.05) is 0 Å². The summed E-state index contributed by atoms with van der Waals surface area (Å²) in [5.41, 5.74) is -0.347. The Morgan fingerprint density at radius 3 is 2.60 bits per heavy atom. The molecule has 2 heteroatoms. The number of rotatable bonds is 1. The van der Waals surface area contributed by atoms with Crippen LogP contribution in [-0.2, 0) is 0 Å². The van der Waals surface area contributed by atoms with Crippen molar-refractivity contribution in [1.82, 2.24) is 5.32 Å². The molecule has 0 radical (unpaired) electrons. The molecule has 0 aromatic heterocycles. The molecule has 2 rings (SSSR count). The predicted molar refractivity (Wildman–Crippen MR) is 39.8 cm³/mol. The quantitative estimate of drug-likeness (QED) is 0.557. The van der Waals surface area contributed by atoms with Gasteiger partial charge >= 0.3 is 0 Å². The van der Waals surface area contributed by atoms with E-state index in [0.717, 1.165) is 13.0 Å². The molecular formula is C8H15NO. The van der Waals surface area contributed by atoms with Crippen LogP contribution in [0.25, 0.3) is 0 Å². The van der Waals surface area contributed by atoms with Crippen molar-refractivity contribution in [2.45, 2.75) is 37.8 Å². The first-order valence-corrected chi connectivity index (χ1v) is 4.19. The summed E-state index contributed by atoms with van der Waals surface area (Å²) in [6, 6.07) is 0.319. The Bertz CT molecular complexity index is 144. The van der Waals surface area contributed by atoms with E-state index >= 15 is 0 Å². The Labute approximate surface area is 61.6 Å². The smallest absolute Gasteiger partial charge is 0.0837 e. The molecule has 1 aliphatic heterocycles. The van der Waals surface area contributed by atoms with E-state index in [1.807, 2.05) is 0 Å². The molecule has 0 amide bonds. The zero-order valence-electron chi connectivity index (χ0n) is 6.43. The van der Waals surface area contributed by atoms with Crippen LogP contribution >= 0.6 is 0 Å². The molecule has 2 nitrogen and oxygen atoms in total. The summed E-state index contributed by atoms with van der Waals surface area (Å²) in [5.74, 6) is 0.609.